The van der Waals surface area contributed by atoms with Gasteiger partial charge in [0.1, 0.15) is 5.75 Å². The van der Waals surface area contributed by atoms with E-state index in [1.54, 1.807) is 24.5 Å². The fraction of sp³-hybridized carbons (Fsp3) is 0. The normalized spacial score (nSPS) is 10.2. The van der Waals surface area contributed by atoms with Gasteiger partial charge in [0.25, 0.3) is 5.69 Å². The molecular formula is C18H12N2O4. The Morgan fingerprint density at radius 1 is 0.875 bits per heavy atom. The molecule has 0 radical (unpaired) electrons. The highest BCUT2D eigenvalue weighted by molar-refractivity contribution is 5.91. The van der Waals surface area contributed by atoms with Crippen LogP contribution in [0.25, 0.3) is 11.1 Å². The Labute approximate surface area is 137 Å². The fourth-order valence-corrected chi connectivity index (χ4v) is 2.14. The van der Waals surface area contributed by atoms with Gasteiger partial charge < -0.3 is 4.74 Å². The van der Waals surface area contributed by atoms with Gasteiger partial charge in [-0.15, -0.1) is 0 Å². The Balaban J connectivity index is 1.72. The molecule has 6 nitrogen and oxygen atoms in total. The zero-order valence-corrected chi connectivity index (χ0v) is 12.5. The van der Waals surface area contributed by atoms with Crippen LogP contribution in [-0.2, 0) is 0 Å². The molecule has 3 aromatic rings. The van der Waals surface area contributed by atoms with Crippen molar-refractivity contribution in [1.82, 2.24) is 4.98 Å². The van der Waals surface area contributed by atoms with Crippen molar-refractivity contribution in [2.45, 2.75) is 0 Å². The minimum atomic E-state index is -0.523. The molecule has 0 aliphatic heterocycles. The molecule has 0 fully saturated rings. The molecule has 0 atom stereocenters. The monoisotopic (exact) mass is 320 g/mol. The second kappa shape index (κ2) is 6.70. The average molecular weight is 320 g/mol. The summed E-state index contributed by atoms with van der Waals surface area (Å²) in [6.45, 7) is 0. The second-order valence-corrected chi connectivity index (χ2v) is 4.95. The van der Waals surface area contributed by atoms with Crippen molar-refractivity contribution in [2.24, 2.45) is 0 Å². The highest BCUT2D eigenvalue weighted by Crippen LogP contribution is 2.21. The SMILES string of the molecule is O=C(Oc1ccc([N+](=O)[O-])cc1)c1ccc(-c2ccncc2)cc1. The van der Waals surface area contributed by atoms with E-state index < -0.39 is 10.9 Å². The summed E-state index contributed by atoms with van der Waals surface area (Å²) in [5, 5.41) is 10.6. The van der Waals surface area contributed by atoms with Crippen LogP contribution in [-0.4, -0.2) is 15.9 Å². The van der Waals surface area contributed by atoms with E-state index in [0.29, 0.717) is 5.56 Å². The van der Waals surface area contributed by atoms with E-state index in [2.05, 4.69) is 4.98 Å². The van der Waals surface area contributed by atoms with Crippen molar-refractivity contribution in [3.05, 3.63) is 88.7 Å². The van der Waals surface area contributed by atoms with Crippen LogP contribution >= 0.6 is 0 Å². The highest BCUT2D eigenvalue weighted by atomic mass is 16.6. The Morgan fingerprint density at radius 2 is 1.46 bits per heavy atom. The van der Waals surface area contributed by atoms with Gasteiger partial charge >= 0.3 is 5.97 Å². The van der Waals surface area contributed by atoms with Gasteiger partial charge in [-0.25, -0.2) is 4.79 Å². The molecule has 0 bridgehead atoms. The summed E-state index contributed by atoms with van der Waals surface area (Å²) in [4.78, 5) is 26.2. The Bertz CT molecular complexity index is 860. The minimum Gasteiger partial charge on any atom is -0.423 e. The predicted molar refractivity (Wildman–Crippen MR) is 87.7 cm³/mol. The predicted octanol–water partition coefficient (Wildman–Crippen LogP) is 3.88. The van der Waals surface area contributed by atoms with Crippen LogP contribution < -0.4 is 4.74 Å². The molecule has 24 heavy (non-hydrogen) atoms. The third kappa shape index (κ3) is 3.44. The van der Waals surface area contributed by atoms with Crippen molar-refractivity contribution >= 4 is 11.7 Å². The van der Waals surface area contributed by atoms with Crippen LogP contribution in [0.2, 0.25) is 0 Å². The van der Waals surface area contributed by atoms with Gasteiger partial charge in [0.05, 0.1) is 10.5 Å². The number of ether oxygens (including phenoxy) is 1. The van der Waals surface area contributed by atoms with Crippen molar-refractivity contribution in [3.63, 3.8) is 0 Å². The van der Waals surface area contributed by atoms with Gasteiger partial charge in [0.2, 0.25) is 0 Å². The zero-order valence-electron chi connectivity index (χ0n) is 12.5. The molecule has 3 rings (SSSR count). The molecular weight excluding hydrogens is 308 g/mol. The van der Waals surface area contributed by atoms with Gasteiger partial charge in [-0.2, -0.15) is 0 Å². The number of hydrogen-bond acceptors (Lipinski definition) is 5. The van der Waals surface area contributed by atoms with E-state index in [0.717, 1.165) is 11.1 Å². The van der Waals surface area contributed by atoms with E-state index in [-0.39, 0.29) is 11.4 Å². The van der Waals surface area contributed by atoms with Crippen LogP contribution in [0.15, 0.2) is 73.1 Å². The number of nitrogens with zero attached hydrogens (tertiary/aromatic N) is 2. The third-order valence-corrected chi connectivity index (χ3v) is 3.39. The van der Waals surface area contributed by atoms with Gasteiger partial charge in [0.15, 0.2) is 0 Å². The number of non-ortho nitro benzene ring substituents is 1. The van der Waals surface area contributed by atoms with Gasteiger partial charge in [0, 0.05) is 24.5 Å². The Kier molecular flexibility index (Phi) is 4.29. The van der Waals surface area contributed by atoms with Crippen molar-refractivity contribution < 1.29 is 14.5 Å². The first-order chi connectivity index (χ1) is 11.6. The quantitative estimate of drug-likeness (QED) is 0.315. The lowest BCUT2D eigenvalue weighted by Crippen LogP contribution is -2.08. The third-order valence-electron chi connectivity index (χ3n) is 3.39. The molecule has 0 saturated carbocycles. The van der Waals surface area contributed by atoms with E-state index in [1.807, 2.05) is 24.3 Å². The van der Waals surface area contributed by atoms with Gasteiger partial charge in [-0.05, 0) is 47.5 Å². The number of pyridine rings is 1. The smallest absolute Gasteiger partial charge is 0.343 e. The first-order valence-corrected chi connectivity index (χ1v) is 7.10. The number of aromatic nitrogens is 1. The van der Waals surface area contributed by atoms with Crippen molar-refractivity contribution in [1.29, 1.82) is 0 Å². The van der Waals surface area contributed by atoms with Gasteiger partial charge in [-0.1, -0.05) is 12.1 Å². The standard InChI is InChI=1S/C18H12N2O4/c21-18(24-17-7-5-16(6-8-17)20(22)23)15-3-1-13(2-4-15)14-9-11-19-12-10-14/h1-12H. The number of nitro groups is 1. The largest absolute Gasteiger partial charge is 0.423 e. The number of rotatable bonds is 4. The van der Waals surface area contributed by atoms with Crippen LogP contribution in [0.3, 0.4) is 0 Å². The lowest BCUT2D eigenvalue weighted by Gasteiger charge is -2.05. The van der Waals surface area contributed by atoms with Crippen LogP contribution in [0.4, 0.5) is 5.69 Å². The van der Waals surface area contributed by atoms with Crippen LogP contribution in [0, 0.1) is 10.1 Å². The van der Waals surface area contributed by atoms with E-state index in [4.69, 9.17) is 4.74 Å². The molecule has 1 aromatic heterocycles. The number of carbonyl (C=O) groups is 1. The molecule has 118 valence electrons. The van der Waals surface area contributed by atoms with Crippen LogP contribution in [0.5, 0.6) is 5.75 Å². The number of carbonyl (C=O) groups excluding carboxylic acids is 1. The molecule has 0 aliphatic rings. The second-order valence-electron chi connectivity index (χ2n) is 4.95. The lowest BCUT2D eigenvalue weighted by molar-refractivity contribution is -0.384. The Morgan fingerprint density at radius 3 is 2.04 bits per heavy atom. The molecule has 0 saturated heterocycles. The molecule has 6 heteroatoms. The minimum absolute atomic E-state index is 0.0588. The van der Waals surface area contributed by atoms with Crippen molar-refractivity contribution in [2.75, 3.05) is 0 Å². The maximum atomic E-state index is 12.1. The Hall–Kier alpha value is -3.54. The summed E-state index contributed by atoms with van der Waals surface area (Å²) in [6.07, 6.45) is 3.40. The summed E-state index contributed by atoms with van der Waals surface area (Å²) in [5.74, 6) is -0.269. The lowest BCUT2D eigenvalue weighted by atomic mass is 10.1. The maximum Gasteiger partial charge on any atom is 0.343 e. The van der Waals surface area contributed by atoms with Crippen molar-refractivity contribution in [3.8, 4) is 16.9 Å². The highest BCUT2D eigenvalue weighted by Gasteiger charge is 2.10. The number of esters is 1. The van der Waals surface area contributed by atoms with Crippen LogP contribution in [0.1, 0.15) is 10.4 Å². The number of benzene rings is 2. The van der Waals surface area contributed by atoms with E-state index in [1.165, 1.54) is 24.3 Å². The molecule has 0 amide bonds. The first kappa shape index (κ1) is 15.4. The molecule has 2 aromatic carbocycles. The fourth-order valence-electron chi connectivity index (χ4n) is 2.14. The average Bonchev–Trinajstić information content (AvgIpc) is 2.63. The molecule has 0 unspecified atom stereocenters. The summed E-state index contributed by atoms with van der Waals surface area (Å²) in [6, 6.07) is 16.1. The summed E-state index contributed by atoms with van der Waals surface area (Å²) in [7, 11) is 0. The molecule has 1 heterocycles. The van der Waals surface area contributed by atoms with Gasteiger partial charge in [-0.3, -0.25) is 15.1 Å². The molecule has 0 spiro atoms. The summed E-state index contributed by atoms with van der Waals surface area (Å²) < 4.78 is 5.21. The van der Waals surface area contributed by atoms with E-state index >= 15 is 0 Å². The zero-order chi connectivity index (χ0) is 16.9. The number of hydrogen-bond donors (Lipinski definition) is 0. The number of nitro benzene ring substituents is 1. The molecule has 0 N–H and O–H groups in total. The maximum absolute atomic E-state index is 12.1. The molecule has 0 aliphatic carbocycles. The summed E-state index contributed by atoms with van der Waals surface area (Å²) in [5.41, 5.74) is 2.30. The topological polar surface area (TPSA) is 82.3 Å². The first-order valence-electron chi connectivity index (χ1n) is 7.10. The van der Waals surface area contributed by atoms with E-state index in [9.17, 15) is 14.9 Å². The summed E-state index contributed by atoms with van der Waals surface area (Å²) >= 11 is 0.